The molecule has 0 atom stereocenters. The molecule has 0 aliphatic carbocycles. The molecule has 1 heterocycles. The lowest BCUT2D eigenvalue weighted by molar-refractivity contribution is 0.474. The Balaban J connectivity index is 2.17. The molecule has 3 aromatic rings. The molecule has 3 nitrogen and oxygen atoms in total. The summed E-state index contributed by atoms with van der Waals surface area (Å²) < 4.78 is 0. The molecule has 114 valence electrons. The molecule has 0 saturated heterocycles. The molecule has 23 heavy (non-hydrogen) atoms. The fraction of sp³-hybridized carbons (Fsp3) is 0.105. The number of phenolic OH excluding ortho intramolecular Hbond substituents is 2. The predicted octanol–water partition coefficient (Wildman–Crippen LogP) is 4.98. The van der Waals surface area contributed by atoms with Gasteiger partial charge in [-0.15, -0.1) is 11.3 Å². The van der Waals surface area contributed by atoms with Gasteiger partial charge in [0, 0.05) is 4.88 Å². The third-order valence-corrected chi connectivity index (χ3v) is 4.98. The van der Waals surface area contributed by atoms with Crippen molar-refractivity contribution in [2.24, 2.45) is 0 Å². The zero-order valence-corrected chi connectivity index (χ0v) is 13.6. The van der Waals surface area contributed by atoms with Crippen LogP contribution in [0.25, 0.3) is 20.9 Å². The van der Waals surface area contributed by atoms with E-state index in [4.69, 9.17) is 0 Å². The smallest absolute Gasteiger partial charge is 0.115 e. The normalized spacial score (nSPS) is 10.5. The van der Waals surface area contributed by atoms with Gasteiger partial charge in [-0.1, -0.05) is 0 Å². The fourth-order valence-electron chi connectivity index (χ4n) is 2.63. The number of hydrogen-bond donors (Lipinski definition) is 2. The number of benzene rings is 2. The summed E-state index contributed by atoms with van der Waals surface area (Å²) in [7, 11) is 0. The quantitative estimate of drug-likeness (QED) is 0.699. The Morgan fingerprint density at radius 1 is 0.870 bits per heavy atom. The Morgan fingerprint density at radius 2 is 1.43 bits per heavy atom. The molecule has 0 fully saturated rings. The number of rotatable bonds is 2. The molecule has 0 radical (unpaired) electrons. The lowest BCUT2D eigenvalue weighted by atomic mass is 10.0. The lowest BCUT2D eigenvalue weighted by Crippen LogP contribution is -1.82. The molecule has 4 heteroatoms. The monoisotopic (exact) mass is 321 g/mol. The molecule has 1 aromatic heterocycles. The van der Waals surface area contributed by atoms with Gasteiger partial charge < -0.3 is 10.2 Å². The Bertz CT molecular complexity index is 935. The molecule has 2 N–H and O–H groups in total. The predicted molar refractivity (Wildman–Crippen MR) is 92.7 cm³/mol. The summed E-state index contributed by atoms with van der Waals surface area (Å²) >= 11 is 1.54. The van der Waals surface area contributed by atoms with Crippen LogP contribution in [0.4, 0.5) is 0 Å². The molecule has 0 bridgehead atoms. The molecule has 3 rings (SSSR count). The van der Waals surface area contributed by atoms with Crippen LogP contribution in [-0.2, 0) is 0 Å². The molecule has 2 aromatic carbocycles. The highest BCUT2D eigenvalue weighted by molar-refractivity contribution is 7.19. The maximum absolute atomic E-state index is 9.57. The minimum atomic E-state index is 0.218. The molecule has 0 unspecified atom stereocenters. The van der Waals surface area contributed by atoms with Gasteiger partial charge in [-0.2, -0.15) is 5.26 Å². The van der Waals surface area contributed by atoms with Gasteiger partial charge in [-0.3, -0.25) is 0 Å². The van der Waals surface area contributed by atoms with Crippen LogP contribution in [0.3, 0.4) is 0 Å². The second kappa shape index (κ2) is 5.79. The summed E-state index contributed by atoms with van der Waals surface area (Å²) in [6, 6.07) is 14.5. The third kappa shape index (κ3) is 2.79. The van der Waals surface area contributed by atoms with Gasteiger partial charge in [0.2, 0.25) is 0 Å². The van der Waals surface area contributed by atoms with Gasteiger partial charge in [0.25, 0.3) is 0 Å². The summed E-state index contributed by atoms with van der Waals surface area (Å²) in [5, 5.41) is 28.6. The van der Waals surface area contributed by atoms with E-state index in [1.165, 1.54) is 0 Å². The first kappa shape index (κ1) is 15.1. The van der Waals surface area contributed by atoms with Gasteiger partial charge in [-0.05, 0) is 78.6 Å². The van der Waals surface area contributed by atoms with E-state index in [1.807, 2.05) is 32.0 Å². The number of hydrogen-bond acceptors (Lipinski definition) is 4. The summed E-state index contributed by atoms with van der Waals surface area (Å²) in [4.78, 5) is 1.88. The van der Waals surface area contributed by atoms with Crippen LogP contribution in [0.2, 0.25) is 0 Å². The minimum Gasteiger partial charge on any atom is -0.508 e. The molecule has 0 saturated carbocycles. The van der Waals surface area contributed by atoms with Crippen LogP contribution in [-0.4, -0.2) is 10.2 Å². The average molecular weight is 321 g/mol. The highest BCUT2D eigenvalue weighted by Crippen LogP contribution is 2.41. The van der Waals surface area contributed by atoms with Crippen molar-refractivity contribution in [2.75, 3.05) is 0 Å². The van der Waals surface area contributed by atoms with Crippen molar-refractivity contribution >= 4 is 11.3 Å². The van der Waals surface area contributed by atoms with Crippen LogP contribution in [0.5, 0.6) is 11.5 Å². The second-order valence-corrected chi connectivity index (χ2v) is 6.52. The van der Waals surface area contributed by atoms with E-state index in [1.54, 1.807) is 35.6 Å². The Hall–Kier alpha value is -2.77. The summed E-state index contributed by atoms with van der Waals surface area (Å²) in [5.41, 5.74) is 4.47. The summed E-state index contributed by atoms with van der Waals surface area (Å²) in [5.74, 6) is 0.453. The first-order valence-electron chi connectivity index (χ1n) is 7.13. The van der Waals surface area contributed by atoms with E-state index in [9.17, 15) is 15.5 Å². The van der Waals surface area contributed by atoms with E-state index in [2.05, 4.69) is 6.07 Å². The third-order valence-electron chi connectivity index (χ3n) is 3.78. The van der Waals surface area contributed by atoms with Crippen molar-refractivity contribution in [3.8, 4) is 38.4 Å². The van der Waals surface area contributed by atoms with Crippen molar-refractivity contribution in [3.63, 3.8) is 0 Å². The van der Waals surface area contributed by atoms with Crippen molar-refractivity contribution in [1.82, 2.24) is 0 Å². The molecule has 0 aliphatic heterocycles. The number of thiophene rings is 1. The molecule has 0 amide bonds. The SMILES string of the molecule is Cc1cc(O)ccc1-c1cc(C#N)c(-c2ccc(O)cc2C)s1. The number of aryl methyl sites for hydroxylation is 2. The van der Waals surface area contributed by atoms with Crippen LogP contribution >= 0.6 is 11.3 Å². The molecular formula is C19H15NO2S. The number of nitriles is 1. The maximum Gasteiger partial charge on any atom is 0.115 e. The van der Waals surface area contributed by atoms with Crippen LogP contribution < -0.4 is 0 Å². The van der Waals surface area contributed by atoms with E-state index in [0.29, 0.717) is 5.56 Å². The van der Waals surface area contributed by atoms with Crippen LogP contribution in [0.1, 0.15) is 16.7 Å². The first-order chi connectivity index (χ1) is 11.0. The summed E-state index contributed by atoms with van der Waals surface area (Å²) in [6.07, 6.45) is 0. The van der Waals surface area contributed by atoms with E-state index >= 15 is 0 Å². The van der Waals surface area contributed by atoms with Gasteiger partial charge in [0.05, 0.1) is 10.4 Å². The highest BCUT2D eigenvalue weighted by Gasteiger charge is 2.15. The van der Waals surface area contributed by atoms with Crippen molar-refractivity contribution in [2.45, 2.75) is 13.8 Å². The molecule has 0 spiro atoms. The standard InChI is InChI=1S/C19H15NO2S/c1-11-7-14(21)3-5-16(11)18-9-13(10-20)19(23-18)17-6-4-15(22)8-12(17)2/h3-9,21-22H,1-2H3. The largest absolute Gasteiger partial charge is 0.508 e. The zero-order chi connectivity index (χ0) is 16.6. The van der Waals surface area contributed by atoms with Crippen LogP contribution in [0, 0.1) is 25.2 Å². The van der Waals surface area contributed by atoms with Crippen LogP contribution in [0.15, 0.2) is 42.5 Å². The van der Waals surface area contributed by atoms with Gasteiger partial charge in [-0.25, -0.2) is 0 Å². The number of phenols is 2. The van der Waals surface area contributed by atoms with E-state index in [-0.39, 0.29) is 11.5 Å². The van der Waals surface area contributed by atoms with Crippen molar-refractivity contribution in [1.29, 1.82) is 5.26 Å². The van der Waals surface area contributed by atoms with E-state index in [0.717, 1.165) is 32.0 Å². The highest BCUT2D eigenvalue weighted by atomic mass is 32.1. The maximum atomic E-state index is 9.57. The first-order valence-corrected chi connectivity index (χ1v) is 7.95. The lowest BCUT2D eigenvalue weighted by Gasteiger charge is -2.05. The minimum absolute atomic E-state index is 0.218. The molecule has 0 aliphatic rings. The van der Waals surface area contributed by atoms with Crippen molar-refractivity contribution in [3.05, 3.63) is 59.2 Å². The van der Waals surface area contributed by atoms with Gasteiger partial charge in [0.15, 0.2) is 0 Å². The average Bonchev–Trinajstić information content (AvgIpc) is 2.91. The summed E-state index contributed by atoms with van der Waals surface area (Å²) in [6.45, 7) is 3.85. The zero-order valence-electron chi connectivity index (χ0n) is 12.8. The molecular weight excluding hydrogens is 306 g/mol. The van der Waals surface area contributed by atoms with Gasteiger partial charge in [0.1, 0.15) is 17.6 Å². The topological polar surface area (TPSA) is 64.2 Å². The van der Waals surface area contributed by atoms with Gasteiger partial charge >= 0.3 is 0 Å². The Kier molecular flexibility index (Phi) is 3.81. The van der Waals surface area contributed by atoms with E-state index < -0.39 is 0 Å². The number of aromatic hydroxyl groups is 2. The Labute approximate surface area is 138 Å². The van der Waals surface area contributed by atoms with Crippen molar-refractivity contribution < 1.29 is 10.2 Å². The Morgan fingerprint density at radius 3 is 1.96 bits per heavy atom. The fourth-order valence-corrected chi connectivity index (χ4v) is 3.92. The number of nitrogens with zero attached hydrogens (tertiary/aromatic N) is 1. The second-order valence-electron chi connectivity index (χ2n) is 5.46.